The van der Waals surface area contributed by atoms with Gasteiger partial charge in [0.05, 0.1) is 12.3 Å². The second-order valence-electron chi connectivity index (χ2n) is 2.79. The van der Waals surface area contributed by atoms with Crippen molar-refractivity contribution in [3.8, 4) is 0 Å². The molecule has 0 fully saturated rings. The lowest BCUT2D eigenvalue weighted by Crippen LogP contribution is -1.89. The van der Waals surface area contributed by atoms with Gasteiger partial charge in [-0.3, -0.25) is 0 Å². The van der Waals surface area contributed by atoms with Gasteiger partial charge in [0.1, 0.15) is 5.82 Å². The third-order valence-electron chi connectivity index (χ3n) is 1.94. The summed E-state index contributed by atoms with van der Waals surface area (Å²) in [6, 6.07) is 2.96. The van der Waals surface area contributed by atoms with Crippen LogP contribution in [0.5, 0.6) is 0 Å². The van der Waals surface area contributed by atoms with Gasteiger partial charge in [0.15, 0.2) is 0 Å². The number of thiophene rings is 1. The minimum absolute atomic E-state index is 0.0366. The highest BCUT2D eigenvalue weighted by Crippen LogP contribution is 2.29. The third-order valence-corrected chi connectivity index (χ3v) is 2.94. The van der Waals surface area contributed by atoms with Gasteiger partial charge in [0.2, 0.25) is 0 Å². The number of fused-ring (bicyclic) bond motifs is 1. The second-order valence-corrected chi connectivity index (χ2v) is 3.70. The van der Waals surface area contributed by atoms with E-state index in [1.807, 2.05) is 5.38 Å². The highest BCUT2D eigenvalue weighted by molar-refractivity contribution is 7.17. The van der Waals surface area contributed by atoms with Crippen molar-refractivity contribution in [1.82, 2.24) is 0 Å². The van der Waals surface area contributed by atoms with E-state index >= 15 is 0 Å². The molecule has 0 spiro atoms. The van der Waals surface area contributed by atoms with Gasteiger partial charge in [-0.05, 0) is 23.1 Å². The summed E-state index contributed by atoms with van der Waals surface area (Å²) in [5.74, 6) is -0.404. The highest BCUT2D eigenvalue weighted by Gasteiger charge is 2.06. The number of benzene rings is 1. The number of hydrogen-bond acceptors (Lipinski definition) is 3. The minimum Gasteiger partial charge on any atom is -0.396 e. The first kappa shape index (κ1) is 8.47. The highest BCUT2D eigenvalue weighted by atomic mass is 32.1. The zero-order valence-corrected chi connectivity index (χ0v) is 7.57. The third kappa shape index (κ3) is 1.28. The second kappa shape index (κ2) is 2.97. The van der Waals surface area contributed by atoms with E-state index in [1.165, 1.54) is 17.4 Å². The first-order chi connectivity index (χ1) is 6.22. The van der Waals surface area contributed by atoms with Crippen molar-refractivity contribution in [2.24, 2.45) is 0 Å². The molecule has 0 saturated heterocycles. The molecule has 0 saturated carbocycles. The molecule has 2 aromatic rings. The molecule has 1 heterocycles. The number of hydrogen-bond donors (Lipinski definition) is 2. The zero-order chi connectivity index (χ0) is 9.42. The van der Waals surface area contributed by atoms with Crippen LogP contribution in [0.3, 0.4) is 0 Å². The van der Waals surface area contributed by atoms with Crippen molar-refractivity contribution >= 4 is 27.1 Å². The van der Waals surface area contributed by atoms with E-state index in [0.29, 0.717) is 0 Å². The minimum atomic E-state index is -0.404. The van der Waals surface area contributed by atoms with E-state index in [2.05, 4.69) is 0 Å². The molecule has 4 heteroatoms. The molecule has 1 aromatic carbocycles. The first-order valence-corrected chi connectivity index (χ1v) is 4.66. The summed E-state index contributed by atoms with van der Waals surface area (Å²) in [5, 5.41) is 11.6. The average molecular weight is 197 g/mol. The SMILES string of the molecule is Nc1cc2c(CO)csc2cc1F. The molecule has 0 unspecified atom stereocenters. The van der Waals surface area contributed by atoms with E-state index < -0.39 is 5.82 Å². The standard InChI is InChI=1S/C9H8FNOS/c10-7-2-9-6(1-8(7)11)5(3-12)4-13-9/h1-2,4,12H,3,11H2. The molecule has 2 rings (SSSR count). The molecule has 3 N–H and O–H groups in total. The van der Waals surface area contributed by atoms with Crippen LogP contribution in [0.1, 0.15) is 5.56 Å². The molecule has 2 nitrogen and oxygen atoms in total. The Morgan fingerprint density at radius 1 is 1.46 bits per heavy atom. The van der Waals surface area contributed by atoms with Gasteiger partial charge in [0, 0.05) is 10.1 Å². The summed E-state index contributed by atoms with van der Waals surface area (Å²) in [5.41, 5.74) is 6.34. The van der Waals surface area contributed by atoms with Crippen molar-refractivity contribution in [3.05, 3.63) is 28.9 Å². The van der Waals surface area contributed by atoms with Crippen molar-refractivity contribution in [2.45, 2.75) is 6.61 Å². The maximum Gasteiger partial charge on any atom is 0.147 e. The smallest absolute Gasteiger partial charge is 0.147 e. The summed E-state index contributed by atoms with van der Waals surface area (Å²) in [7, 11) is 0. The van der Waals surface area contributed by atoms with E-state index in [0.717, 1.165) is 15.6 Å². The number of nitrogens with two attached hydrogens (primary N) is 1. The molecule has 0 radical (unpaired) electrons. The Labute approximate surface area is 78.4 Å². The van der Waals surface area contributed by atoms with Gasteiger partial charge in [-0.1, -0.05) is 0 Å². The lowest BCUT2D eigenvalue weighted by atomic mass is 10.1. The van der Waals surface area contributed by atoms with E-state index in [9.17, 15) is 4.39 Å². The molecular formula is C9H8FNOS. The van der Waals surface area contributed by atoms with Crippen LogP contribution in [-0.2, 0) is 6.61 Å². The maximum absolute atomic E-state index is 13.0. The predicted octanol–water partition coefficient (Wildman–Crippen LogP) is 2.11. The molecule has 13 heavy (non-hydrogen) atoms. The summed E-state index contributed by atoms with van der Waals surface area (Å²) < 4.78 is 13.8. The molecule has 0 aliphatic carbocycles. The number of halogens is 1. The average Bonchev–Trinajstić information content (AvgIpc) is 2.48. The molecule has 1 aromatic heterocycles. The van der Waals surface area contributed by atoms with Crippen LogP contribution in [0.2, 0.25) is 0 Å². The van der Waals surface area contributed by atoms with Crippen LogP contribution in [-0.4, -0.2) is 5.11 Å². The number of aliphatic hydroxyl groups is 1. The molecular weight excluding hydrogens is 189 g/mol. The zero-order valence-electron chi connectivity index (χ0n) is 6.75. The Morgan fingerprint density at radius 2 is 2.23 bits per heavy atom. The van der Waals surface area contributed by atoms with Crippen LogP contribution in [0.15, 0.2) is 17.5 Å². The van der Waals surface area contributed by atoms with Crippen LogP contribution in [0.4, 0.5) is 10.1 Å². The van der Waals surface area contributed by atoms with E-state index in [-0.39, 0.29) is 12.3 Å². The topological polar surface area (TPSA) is 46.2 Å². The van der Waals surface area contributed by atoms with Crippen LogP contribution < -0.4 is 5.73 Å². The largest absolute Gasteiger partial charge is 0.396 e. The van der Waals surface area contributed by atoms with Crippen molar-refractivity contribution in [3.63, 3.8) is 0 Å². The Morgan fingerprint density at radius 3 is 2.92 bits per heavy atom. The van der Waals surface area contributed by atoms with Crippen molar-refractivity contribution in [2.75, 3.05) is 5.73 Å². The Hall–Kier alpha value is -1.13. The molecule has 0 atom stereocenters. The van der Waals surface area contributed by atoms with Crippen LogP contribution in [0, 0.1) is 5.82 Å². The molecule has 0 aliphatic heterocycles. The monoisotopic (exact) mass is 197 g/mol. The molecule has 68 valence electrons. The van der Waals surface area contributed by atoms with Crippen molar-refractivity contribution < 1.29 is 9.50 Å². The lowest BCUT2D eigenvalue weighted by molar-refractivity contribution is 0.284. The number of anilines is 1. The van der Waals surface area contributed by atoms with Gasteiger partial charge in [-0.25, -0.2) is 4.39 Å². The summed E-state index contributed by atoms with van der Waals surface area (Å²) in [6.45, 7) is -0.0366. The van der Waals surface area contributed by atoms with Gasteiger partial charge in [-0.15, -0.1) is 11.3 Å². The van der Waals surface area contributed by atoms with Gasteiger partial charge < -0.3 is 10.8 Å². The Bertz CT molecular complexity index is 452. The fourth-order valence-corrected chi connectivity index (χ4v) is 2.20. The quantitative estimate of drug-likeness (QED) is 0.688. The normalized spacial score (nSPS) is 10.9. The molecule has 0 amide bonds. The summed E-state index contributed by atoms with van der Waals surface area (Å²) in [6.07, 6.45) is 0. The van der Waals surface area contributed by atoms with Crippen LogP contribution >= 0.6 is 11.3 Å². The fraction of sp³-hybridized carbons (Fsp3) is 0.111. The predicted molar refractivity (Wildman–Crippen MR) is 52.1 cm³/mol. The summed E-state index contributed by atoms with van der Waals surface area (Å²) >= 11 is 1.41. The Kier molecular flexibility index (Phi) is 1.94. The first-order valence-electron chi connectivity index (χ1n) is 3.78. The van der Waals surface area contributed by atoms with Gasteiger partial charge in [0.25, 0.3) is 0 Å². The van der Waals surface area contributed by atoms with Gasteiger partial charge in [-0.2, -0.15) is 0 Å². The van der Waals surface area contributed by atoms with E-state index in [1.54, 1.807) is 6.07 Å². The Balaban J connectivity index is 2.77. The van der Waals surface area contributed by atoms with Crippen molar-refractivity contribution in [1.29, 1.82) is 0 Å². The number of nitrogen functional groups attached to an aromatic ring is 1. The molecule has 0 bridgehead atoms. The summed E-state index contributed by atoms with van der Waals surface area (Å²) in [4.78, 5) is 0. The van der Waals surface area contributed by atoms with Gasteiger partial charge >= 0.3 is 0 Å². The fourth-order valence-electron chi connectivity index (χ4n) is 1.24. The van der Waals surface area contributed by atoms with E-state index in [4.69, 9.17) is 10.8 Å². The lowest BCUT2D eigenvalue weighted by Gasteiger charge is -1.97. The van der Waals surface area contributed by atoms with Crippen LogP contribution in [0.25, 0.3) is 10.1 Å². The molecule has 0 aliphatic rings. The number of aliphatic hydroxyl groups excluding tert-OH is 1. The number of rotatable bonds is 1. The maximum atomic E-state index is 13.0.